The summed E-state index contributed by atoms with van der Waals surface area (Å²) in [6.07, 6.45) is 3.94. The molecule has 90 valence electrons. The van der Waals surface area contributed by atoms with E-state index in [0.29, 0.717) is 11.3 Å². The minimum atomic E-state index is 0.495. The molecule has 0 unspecified atom stereocenters. The second-order valence-electron chi connectivity index (χ2n) is 5.09. The number of nitrogens with zero attached hydrogens (tertiary/aromatic N) is 2. The van der Waals surface area contributed by atoms with Crippen molar-refractivity contribution in [3.05, 3.63) is 30.1 Å². The minimum absolute atomic E-state index is 0.495. The number of rotatable bonds is 4. The van der Waals surface area contributed by atoms with E-state index in [1.54, 1.807) is 0 Å². The van der Waals surface area contributed by atoms with Crippen LogP contribution in [0.5, 0.6) is 0 Å². The normalized spacial score (nSPS) is 17.5. The molecule has 3 heteroatoms. The second kappa shape index (κ2) is 4.02. The number of aromatic nitrogens is 2. The van der Waals surface area contributed by atoms with Gasteiger partial charge in [0.15, 0.2) is 0 Å². The molecule has 0 aliphatic heterocycles. The molecule has 0 spiro atoms. The van der Waals surface area contributed by atoms with Gasteiger partial charge in [0.25, 0.3) is 0 Å². The summed E-state index contributed by atoms with van der Waals surface area (Å²) in [5.41, 5.74) is 2.81. The maximum Gasteiger partial charge on any atom is 0.124 e. The molecule has 0 saturated heterocycles. The van der Waals surface area contributed by atoms with Crippen LogP contribution in [-0.2, 0) is 12.4 Å². The van der Waals surface area contributed by atoms with E-state index in [4.69, 9.17) is 11.6 Å². The van der Waals surface area contributed by atoms with Gasteiger partial charge in [-0.1, -0.05) is 19.1 Å². The molecule has 2 nitrogen and oxygen atoms in total. The molecule has 17 heavy (non-hydrogen) atoms. The van der Waals surface area contributed by atoms with Crippen molar-refractivity contribution in [2.75, 3.05) is 0 Å². The van der Waals surface area contributed by atoms with Gasteiger partial charge in [-0.3, -0.25) is 0 Å². The topological polar surface area (TPSA) is 17.8 Å². The third-order valence-corrected chi connectivity index (χ3v) is 4.29. The molecule has 0 amide bonds. The van der Waals surface area contributed by atoms with Gasteiger partial charge in [-0.2, -0.15) is 0 Å². The van der Waals surface area contributed by atoms with Crippen LogP contribution in [-0.4, -0.2) is 9.55 Å². The van der Waals surface area contributed by atoms with Crippen molar-refractivity contribution in [3.63, 3.8) is 0 Å². The van der Waals surface area contributed by atoms with E-state index in [1.165, 1.54) is 24.8 Å². The predicted molar refractivity (Wildman–Crippen MR) is 71.2 cm³/mol. The molecule has 1 saturated carbocycles. The molecular formula is C14H17ClN2. The molecule has 1 aliphatic carbocycles. The van der Waals surface area contributed by atoms with Crippen LogP contribution in [0.1, 0.15) is 32.0 Å². The van der Waals surface area contributed by atoms with Crippen molar-refractivity contribution >= 4 is 22.6 Å². The second-order valence-corrected chi connectivity index (χ2v) is 5.36. The lowest BCUT2D eigenvalue weighted by molar-refractivity contribution is 0.410. The molecule has 1 aliphatic rings. The van der Waals surface area contributed by atoms with Gasteiger partial charge in [0.2, 0.25) is 0 Å². The highest BCUT2D eigenvalue weighted by Gasteiger charge is 2.41. The number of hydrogen-bond acceptors (Lipinski definition) is 1. The summed E-state index contributed by atoms with van der Waals surface area (Å²) in [7, 11) is 0. The van der Waals surface area contributed by atoms with Gasteiger partial charge in [0.1, 0.15) is 5.82 Å². The van der Waals surface area contributed by atoms with Crippen LogP contribution >= 0.6 is 11.6 Å². The number of hydrogen-bond donors (Lipinski definition) is 0. The number of para-hydroxylation sites is 2. The van der Waals surface area contributed by atoms with E-state index < -0.39 is 0 Å². The van der Waals surface area contributed by atoms with Crippen LogP contribution in [0.25, 0.3) is 11.0 Å². The number of imidazole rings is 1. The van der Waals surface area contributed by atoms with Crippen LogP contribution in [0.2, 0.25) is 0 Å². The monoisotopic (exact) mass is 248 g/mol. The molecule has 1 aromatic heterocycles. The molecule has 0 N–H and O–H groups in total. The van der Waals surface area contributed by atoms with Crippen LogP contribution in [0.15, 0.2) is 24.3 Å². The zero-order chi connectivity index (χ0) is 11.9. The molecule has 0 atom stereocenters. The lowest BCUT2D eigenvalue weighted by Crippen LogP contribution is -2.12. The molecule has 0 radical (unpaired) electrons. The smallest absolute Gasteiger partial charge is 0.124 e. The van der Waals surface area contributed by atoms with Gasteiger partial charge in [-0.05, 0) is 36.8 Å². The summed E-state index contributed by atoms with van der Waals surface area (Å²) in [4.78, 5) is 4.61. The zero-order valence-electron chi connectivity index (χ0n) is 10.1. The SMILES string of the molecule is CCC1(Cn2c(CCl)nc3ccccc32)CC1. The molecular weight excluding hydrogens is 232 g/mol. The van der Waals surface area contributed by atoms with E-state index >= 15 is 0 Å². The van der Waals surface area contributed by atoms with Crippen molar-refractivity contribution in [2.24, 2.45) is 5.41 Å². The third-order valence-electron chi connectivity index (χ3n) is 4.05. The Morgan fingerprint density at radius 1 is 1.35 bits per heavy atom. The number of fused-ring (bicyclic) bond motifs is 1. The third kappa shape index (κ3) is 1.85. The fourth-order valence-electron chi connectivity index (χ4n) is 2.54. The highest BCUT2D eigenvalue weighted by molar-refractivity contribution is 6.16. The van der Waals surface area contributed by atoms with Crippen LogP contribution in [0, 0.1) is 5.41 Å². The Labute approximate surface area is 107 Å². The molecule has 1 aromatic carbocycles. The Hall–Kier alpha value is -1.02. The summed E-state index contributed by atoms with van der Waals surface area (Å²) in [5.74, 6) is 1.50. The quantitative estimate of drug-likeness (QED) is 0.749. The van der Waals surface area contributed by atoms with E-state index in [0.717, 1.165) is 17.9 Å². The average Bonchev–Trinajstić information content (AvgIpc) is 3.06. The van der Waals surface area contributed by atoms with Crippen molar-refractivity contribution in [1.29, 1.82) is 0 Å². The predicted octanol–water partition coefficient (Wildman–Crippen LogP) is 3.97. The first-order valence-electron chi connectivity index (χ1n) is 6.28. The van der Waals surface area contributed by atoms with E-state index in [-0.39, 0.29) is 0 Å². The van der Waals surface area contributed by atoms with Gasteiger partial charge >= 0.3 is 0 Å². The Balaban J connectivity index is 2.06. The Kier molecular flexibility index (Phi) is 2.62. The lowest BCUT2D eigenvalue weighted by Gasteiger charge is -2.15. The Bertz CT molecular complexity index is 540. The summed E-state index contributed by atoms with van der Waals surface area (Å²) in [5, 5.41) is 0. The van der Waals surface area contributed by atoms with Gasteiger partial charge in [-0.25, -0.2) is 4.98 Å². The highest BCUT2D eigenvalue weighted by atomic mass is 35.5. The zero-order valence-corrected chi connectivity index (χ0v) is 10.9. The standard InChI is InChI=1S/C14H17ClN2/c1-2-14(7-8-14)10-17-12-6-4-3-5-11(12)16-13(17)9-15/h3-6H,2,7-10H2,1H3. The van der Waals surface area contributed by atoms with Crippen LogP contribution < -0.4 is 0 Å². The van der Waals surface area contributed by atoms with E-state index in [2.05, 4.69) is 34.7 Å². The largest absolute Gasteiger partial charge is 0.326 e. The number of halogens is 1. The Morgan fingerprint density at radius 3 is 2.76 bits per heavy atom. The molecule has 0 bridgehead atoms. The molecule has 3 rings (SSSR count). The van der Waals surface area contributed by atoms with Crippen LogP contribution in [0.4, 0.5) is 0 Å². The molecule has 2 aromatic rings. The first-order valence-corrected chi connectivity index (χ1v) is 6.81. The highest BCUT2D eigenvalue weighted by Crippen LogP contribution is 2.50. The fourth-order valence-corrected chi connectivity index (χ4v) is 2.74. The van der Waals surface area contributed by atoms with Crippen molar-refractivity contribution in [3.8, 4) is 0 Å². The number of alkyl halides is 1. The summed E-state index contributed by atoms with van der Waals surface area (Å²) in [6.45, 7) is 3.36. The average molecular weight is 249 g/mol. The van der Waals surface area contributed by atoms with Gasteiger partial charge in [-0.15, -0.1) is 11.6 Å². The van der Waals surface area contributed by atoms with Gasteiger partial charge in [0, 0.05) is 6.54 Å². The first-order chi connectivity index (χ1) is 8.28. The van der Waals surface area contributed by atoms with E-state index in [9.17, 15) is 0 Å². The first kappa shape index (κ1) is 11.1. The van der Waals surface area contributed by atoms with E-state index in [1.807, 2.05) is 6.07 Å². The molecule has 1 heterocycles. The maximum absolute atomic E-state index is 6.01. The van der Waals surface area contributed by atoms with Crippen LogP contribution in [0.3, 0.4) is 0 Å². The molecule has 1 fully saturated rings. The maximum atomic E-state index is 6.01. The lowest BCUT2D eigenvalue weighted by atomic mass is 10.0. The summed E-state index contributed by atoms with van der Waals surface area (Å²) < 4.78 is 2.32. The van der Waals surface area contributed by atoms with Crippen molar-refractivity contribution < 1.29 is 0 Å². The Morgan fingerprint density at radius 2 is 2.12 bits per heavy atom. The number of benzene rings is 1. The minimum Gasteiger partial charge on any atom is -0.326 e. The fraction of sp³-hybridized carbons (Fsp3) is 0.500. The van der Waals surface area contributed by atoms with Gasteiger partial charge in [0.05, 0.1) is 16.9 Å². The van der Waals surface area contributed by atoms with Crippen molar-refractivity contribution in [2.45, 2.75) is 38.6 Å². The summed E-state index contributed by atoms with van der Waals surface area (Å²) >= 11 is 6.01. The summed E-state index contributed by atoms with van der Waals surface area (Å²) in [6, 6.07) is 8.31. The van der Waals surface area contributed by atoms with Gasteiger partial charge < -0.3 is 4.57 Å². The van der Waals surface area contributed by atoms with Crippen molar-refractivity contribution in [1.82, 2.24) is 9.55 Å².